The predicted octanol–water partition coefficient (Wildman–Crippen LogP) is 3.15. The third kappa shape index (κ3) is 4.58. The molecule has 7 nitrogen and oxygen atoms in total. The molecule has 1 heterocycles. The number of benzene rings is 2. The van der Waals surface area contributed by atoms with Gasteiger partial charge in [0.25, 0.3) is 0 Å². The number of carbonyl (C=O) groups excluding carboxylic acids is 2. The summed E-state index contributed by atoms with van der Waals surface area (Å²) in [5.41, 5.74) is 2.70. The Balaban J connectivity index is 2.03. The summed E-state index contributed by atoms with van der Waals surface area (Å²) in [6.07, 6.45) is 1.72. The van der Waals surface area contributed by atoms with Crippen LogP contribution in [0.2, 0.25) is 0 Å². The van der Waals surface area contributed by atoms with Gasteiger partial charge in [-0.25, -0.2) is 4.68 Å². The normalized spacial score (nSPS) is 10.5. The van der Waals surface area contributed by atoms with Gasteiger partial charge in [-0.15, -0.1) is 5.10 Å². The van der Waals surface area contributed by atoms with Gasteiger partial charge in [-0.2, -0.15) is 0 Å². The first-order valence-corrected chi connectivity index (χ1v) is 8.38. The number of ether oxygens (including phenoxy) is 2. The lowest BCUT2D eigenvalue weighted by molar-refractivity contribution is -0.132. The molecule has 0 atom stereocenters. The molecule has 0 bridgehead atoms. The van der Waals surface area contributed by atoms with Gasteiger partial charge in [-0.05, 0) is 30.2 Å². The quantitative estimate of drug-likeness (QED) is 0.510. The van der Waals surface area contributed by atoms with Crippen LogP contribution in [-0.4, -0.2) is 26.9 Å². The van der Waals surface area contributed by atoms with Gasteiger partial charge >= 0.3 is 11.9 Å². The molecule has 0 radical (unpaired) electrons. The molecule has 138 valence electrons. The Bertz CT molecular complexity index is 943. The van der Waals surface area contributed by atoms with E-state index in [0.717, 1.165) is 11.1 Å². The van der Waals surface area contributed by atoms with Crippen molar-refractivity contribution in [3.63, 3.8) is 0 Å². The number of hydrogen-bond acceptors (Lipinski definition) is 6. The fourth-order valence-corrected chi connectivity index (χ4v) is 2.70. The molecule has 0 N–H and O–H groups in total. The Morgan fingerprint density at radius 2 is 1.59 bits per heavy atom. The fourth-order valence-electron chi connectivity index (χ4n) is 2.70. The molecule has 3 rings (SSSR count). The smallest absolute Gasteiger partial charge is 0.308 e. The molecule has 7 heteroatoms. The maximum absolute atomic E-state index is 11.5. The van der Waals surface area contributed by atoms with Gasteiger partial charge in [0.2, 0.25) is 0 Å². The minimum atomic E-state index is -0.479. The summed E-state index contributed by atoms with van der Waals surface area (Å²) in [4.78, 5) is 23.0. The Morgan fingerprint density at radius 1 is 1.00 bits per heavy atom. The third-order valence-corrected chi connectivity index (χ3v) is 3.70. The second kappa shape index (κ2) is 7.82. The van der Waals surface area contributed by atoms with Crippen LogP contribution in [0.15, 0.2) is 48.7 Å². The van der Waals surface area contributed by atoms with Crippen LogP contribution in [0.25, 0.3) is 11.3 Å². The maximum Gasteiger partial charge on any atom is 0.308 e. The first-order valence-electron chi connectivity index (χ1n) is 8.38. The van der Waals surface area contributed by atoms with E-state index in [4.69, 9.17) is 9.47 Å². The van der Waals surface area contributed by atoms with Crippen molar-refractivity contribution in [2.45, 2.75) is 27.3 Å². The Morgan fingerprint density at radius 3 is 2.15 bits per heavy atom. The van der Waals surface area contributed by atoms with Crippen LogP contribution in [0.5, 0.6) is 11.5 Å². The average molecular weight is 365 g/mol. The van der Waals surface area contributed by atoms with E-state index >= 15 is 0 Å². The van der Waals surface area contributed by atoms with E-state index < -0.39 is 11.9 Å². The van der Waals surface area contributed by atoms with Crippen LogP contribution in [0, 0.1) is 6.92 Å². The fraction of sp³-hybridized carbons (Fsp3) is 0.200. The van der Waals surface area contributed by atoms with E-state index in [1.807, 2.05) is 37.3 Å². The van der Waals surface area contributed by atoms with Crippen molar-refractivity contribution in [2.24, 2.45) is 0 Å². The van der Waals surface area contributed by atoms with Crippen molar-refractivity contribution in [3.8, 4) is 22.8 Å². The highest BCUT2D eigenvalue weighted by molar-refractivity contribution is 5.82. The molecule has 0 amide bonds. The van der Waals surface area contributed by atoms with E-state index in [-0.39, 0.29) is 11.5 Å². The van der Waals surface area contributed by atoms with Crippen molar-refractivity contribution in [1.29, 1.82) is 0 Å². The van der Waals surface area contributed by atoms with E-state index in [1.165, 1.54) is 13.8 Å². The minimum Gasteiger partial charge on any atom is -0.426 e. The van der Waals surface area contributed by atoms with E-state index in [2.05, 4.69) is 10.3 Å². The molecule has 0 fully saturated rings. The molecule has 0 saturated heterocycles. The number of rotatable bonds is 5. The molecule has 27 heavy (non-hydrogen) atoms. The third-order valence-electron chi connectivity index (χ3n) is 3.70. The lowest BCUT2D eigenvalue weighted by Crippen LogP contribution is -2.07. The lowest BCUT2D eigenvalue weighted by Gasteiger charge is -2.13. The summed E-state index contributed by atoms with van der Waals surface area (Å²) in [6.45, 7) is 4.97. The molecular weight excluding hydrogens is 346 g/mol. The summed E-state index contributed by atoms with van der Waals surface area (Å²) in [5.74, 6) is -0.421. The maximum atomic E-state index is 11.5. The van der Waals surface area contributed by atoms with E-state index in [0.29, 0.717) is 17.8 Å². The first-order chi connectivity index (χ1) is 12.9. The SMILES string of the molecule is CC(=O)Oc1cc(C)cc(OC(C)=O)c1-c1cn(Cc2ccccc2)nn1. The van der Waals surface area contributed by atoms with Crippen LogP contribution in [-0.2, 0) is 16.1 Å². The summed E-state index contributed by atoms with van der Waals surface area (Å²) in [5, 5.41) is 8.32. The average Bonchev–Trinajstić information content (AvgIpc) is 3.02. The topological polar surface area (TPSA) is 83.3 Å². The van der Waals surface area contributed by atoms with Crippen molar-refractivity contribution in [1.82, 2.24) is 15.0 Å². The highest BCUT2D eigenvalue weighted by Gasteiger charge is 2.20. The molecule has 0 aliphatic rings. The molecule has 0 aliphatic carbocycles. The van der Waals surface area contributed by atoms with Crippen LogP contribution in [0.1, 0.15) is 25.0 Å². The second-order valence-corrected chi connectivity index (χ2v) is 6.11. The van der Waals surface area contributed by atoms with Gasteiger partial charge in [-0.1, -0.05) is 35.5 Å². The number of hydrogen-bond donors (Lipinski definition) is 0. The predicted molar refractivity (Wildman–Crippen MR) is 98.4 cm³/mol. The Kier molecular flexibility index (Phi) is 5.30. The zero-order valence-electron chi connectivity index (χ0n) is 15.3. The van der Waals surface area contributed by atoms with Gasteiger partial charge in [-0.3, -0.25) is 9.59 Å². The van der Waals surface area contributed by atoms with Gasteiger partial charge in [0.15, 0.2) is 0 Å². The Hall–Kier alpha value is -3.48. The molecular formula is C20H19N3O4. The molecule has 0 aliphatic heterocycles. The van der Waals surface area contributed by atoms with Crippen molar-refractivity contribution in [3.05, 3.63) is 59.8 Å². The largest absolute Gasteiger partial charge is 0.426 e. The van der Waals surface area contributed by atoms with Crippen molar-refractivity contribution in [2.75, 3.05) is 0 Å². The van der Waals surface area contributed by atoms with Gasteiger partial charge in [0.05, 0.1) is 18.3 Å². The summed E-state index contributed by atoms with van der Waals surface area (Å²) >= 11 is 0. The van der Waals surface area contributed by atoms with Gasteiger partial charge in [0.1, 0.15) is 17.2 Å². The van der Waals surface area contributed by atoms with Gasteiger partial charge < -0.3 is 9.47 Å². The van der Waals surface area contributed by atoms with Crippen LogP contribution in [0.3, 0.4) is 0 Å². The van der Waals surface area contributed by atoms with E-state index in [1.54, 1.807) is 23.0 Å². The zero-order valence-corrected chi connectivity index (χ0v) is 15.3. The first kappa shape index (κ1) is 18.3. The number of carbonyl (C=O) groups is 2. The van der Waals surface area contributed by atoms with Crippen LogP contribution >= 0.6 is 0 Å². The highest BCUT2D eigenvalue weighted by Crippen LogP contribution is 2.39. The monoisotopic (exact) mass is 365 g/mol. The molecule has 0 unspecified atom stereocenters. The molecule has 3 aromatic rings. The molecule has 2 aromatic carbocycles. The summed E-state index contributed by atoms with van der Waals surface area (Å²) < 4.78 is 12.3. The van der Waals surface area contributed by atoms with Crippen LogP contribution < -0.4 is 9.47 Å². The number of esters is 2. The number of aromatic nitrogens is 3. The Labute approximate surface area is 156 Å². The molecule has 0 spiro atoms. The van der Waals surface area contributed by atoms with Crippen molar-refractivity contribution < 1.29 is 19.1 Å². The van der Waals surface area contributed by atoms with Gasteiger partial charge in [0, 0.05) is 13.8 Å². The number of aryl methyl sites for hydroxylation is 1. The zero-order chi connectivity index (χ0) is 19.4. The second-order valence-electron chi connectivity index (χ2n) is 6.11. The standard InChI is InChI=1S/C20H19N3O4/c1-13-9-18(26-14(2)24)20(19(10-13)27-15(3)25)17-12-23(22-21-17)11-16-7-5-4-6-8-16/h4-10,12H,11H2,1-3H3. The molecule has 0 saturated carbocycles. The van der Waals surface area contributed by atoms with E-state index in [9.17, 15) is 9.59 Å². The minimum absolute atomic E-state index is 0.269. The lowest BCUT2D eigenvalue weighted by atomic mass is 10.1. The number of nitrogens with zero attached hydrogens (tertiary/aromatic N) is 3. The van der Waals surface area contributed by atoms with Crippen LogP contribution in [0.4, 0.5) is 0 Å². The van der Waals surface area contributed by atoms with Crippen molar-refractivity contribution >= 4 is 11.9 Å². The molecule has 1 aromatic heterocycles. The highest BCUT2D eigenvalue weighted by atomic mass is 16.5. The summed E-state index contributed by atoms with van der Waals surface area (Å²) in [6, 6.07) is 13.2. The summed E-state index contributed by atoms with van der Waals surface area (Å²) in [7, 11) is 0.